The lowest BCUT2D eigenvalue weighted by molar-refractivity contribution is 0.0161. The number of carbonyl (C=O) groups is 1. The molecule has 1 fully saturated rings. The third-order valence-corrected chi connectivity index (χ3v) is 3.05. The monoisotopic (exact) mass is 280 g/mol. The van der Waals surface area contributed by atoms with Crippen LogP contribution >= 0.6 is 0 Å². The lowest BCUT2D eigenvalue weighted by Gasteiger charge is -2.11. The van der Waals surface area contributed by atoms with Crippen LogP contribution in [0.4, 0.5) is 0 Å². The smallest absolute Gasteiger partial charge is 0.338 e. The number of ether oxygens (including phenoxy) is 4. The number of carbonyl (C=O) groups excluding carboxylic acids is 1. The molecule has 1 aliphatic heterocycles. The molecule has 0 bridgehead atoms. The molecule has 1 aliphatic rings. The Balaban J connectivity index is 1.83. The van der Waals surface area contributed by atoms with E-state index in [2.05, 4.69) is 0 Å². The van der Waals surface area contributed by atoms with Crippen LogP contribution in [0, 0.1) is 0 Å². The van der Waals surface area contributed by atoms with Gasteiger partial charge in [-0.05, 0) is 31.0 Å². The van der Waals surface area contributed by atoms with E-state index >= 15 is 0 Å². The van der Waals surface area contributed by atoms with Crippen LogP contribution in [0.15, 0.2) is 24.3 Å². The fraction of sp³-hybridized carbons (Fsp3) is 0.533. The van der Waals surface area contributed by atoms with E-state index in [-0.39, 0.29) is 12.1 Å². The Morgan fingerprint density at radius 3 is 3.05 bits per heavy atom. The largest absolute Gasteiger partial charge is 0.491 e. The number of hydrogen-bond donors (Lipinski definition) is 0. The van der Waals surface area contributed by atoms with Crippen LogP contribution in [-0.4, -0.2) is 45.6 Å². The summed E-state index contributed by atoms with van der Waals surface area (Å²) >= 11 is 0. The van der Waals surface area contributed by atoms with Gasteiger partial charge in [0.05, 0.1) is 18.3 Å². The van der Waals surface area contributed by atoms with Gasteiger partial charge in [0.1, 0.15) is 19.0 Å². The molecule has 1 aromatic rings. The van der Waals surface area contributed by atoms with Crippen LogP contribution < -0.4 is 4.74 Å². The average molecular weight is 280 g/mol. The molecular weight excluding hydrogens is 260 g/mol. The first-order valence-electron chi connectivity index (χ1n) is 6.80. The van der Waals surface area contributed by atoms with Gasteiger partial charge in [-0.3, -0.25) is 0 Å². The molecule has 1 atom stereocenters. The zero-order valence-electron chi connectivity index (χ0n) is 11.7. The van der Waals surface area contributed by atoms with Crippen molar-refractivity contribution >= 4 is 5.97 Å². The molecule has 5 heteroatoms. The van der Waals surface area contributed by atoms with Gasteiger partial charge in [0.25, 0.3) is 0 Å². The van der Waals surface area contributed by atoms with Crippen molar-refractivity contribution in [3.05, 3.63) is 29.8 Å². The lowest BCUT2D eigenvalue weighted by atomic mass is 10.2. The van der Waals surface area contributed by atoms with E-state index in [1.165, 1.54) is 0 Å². The van der Waals surface area contributed by atoms with E-state index in [0.717, 1.165) is 19.4 Å². The number of hydrogen-bond acceptors (Lipinski definition) is 5. The second kappa shape index (κ2) is 7.87. The van der Waals surface area contributed by atoms with Gasteiger partial charge in [0, 0.05) is 13.7 Å². The summed E-state index contributed by atoms with van der Waals surface area (Å²) in [5, 5.41) is 0. The normalized spacial score (nSPS) is 17.9. The summed E-state index contributed by atoms with van der Waals surface area (Å²) in [4.78, 5) is 11.9. The molecule has 1 saturated heterocycles. The Kier molecular flexibility index (Phi) is 5.83. The molecule has 0 aromatic heterocycles. The lowest BCUT2D eigenvalue weighted by Crippen LogP contribution is -2.17. The van der Waals surface area contributed by atoms with Crippen LogP contribution in [0.25, 0.3) is 0 Å². The van der Waals surface area contributed by atoms with Gasteiger partial charge < -0.3 is 18.9 Å². The molecule has 0 N–H and O–H groups in total. The molecule has 0 aliphatic carbocycles. The highest BCUT2D eigenvalue weighted by Gasteiger charge is 2.18. The summed E-state index contributed by atoms with van der Waals surface area (Å²) in [6.45, 7) is 2.03. The van der Waals surface area contributed by atoms with Crippen molar-refractivity contribution < 1.29 is 23.7 Å². The minimum absolute atomic E-state index is 0.0417. The van der Waals surface area contributed by atoms with Crippen molar-refractivity contribution in [2.75, 3.05) is 33.5 Å². The van der Waals surface area contributed by atoms with Crippen molar-refractivity contribution in [3.8, 4) is 5.75 Å². The summed E-state index contributed by atoms with van der Waals surface area (Å²) in [7, 11) is 1.61. The van der Waals surface area contributed by atoms with E-state index in [1.54, 1.807) is 31.4 Å². The highest BCUT2D eigenvalue weighted by molar-refractivity contribution is 5.89. The Bertz CT molecular complexity index is 426. The molecule has 0 radical (unpaired) electrons. The number of esters is 1. The SMILES string of the molecule is COCCOc1cccc(C(=O)OCC2CCCO2)c1. The van der Waals surface area contributed by atoms with Crippen LogP contribution in [0.2, 0.25) is 0 Å². The Hall–Kier alpha value is -1.59. The number of rotatable bonds is 7. The molecule has 1 aromatic carbocycles. The van der Waals surface area contributed by atoms with Crippen molar-refractivity contribution in [2.45, 2.75) is 18.9 Å². The van der Waals surface area contributed by atoms with Crippen LogP contribution in [-0.2, 0) is 14.2 Å². The molecule has 20 heavy (non-hydrogen) atoms. The predicted molar refractivity (Wildman–Crippen MR) is 73.1 cm³/mol. The zero-order chi connectivity index (χ0) is 14.2. The minimum Gasteiger partial charge on any atom is -0.491 e. The predicted octanol–water partition coefficient (Wildman–Crippen LogP) is 2.05. The van der Waals surface area contributed by atoms with E-state index in [9.17, 15) is 4.79 Å². The summed E-state index contributed by atoms with van der Waals surface area (Å²) in [6.07, 6.45) is 2.03. The molecule has 0 saturated carbocycles. The fourth-order valence-corrected chi connectivity index (χ4v) is 1.98. The average Bonchev–Trinajstić information content (AvgIpc) is 2.99. The summed E-state index contributed by atoms with van der Waals surface area (Å²) < 4.78 is 21.0. The third kappa shape index (κ3) is 4.51. The molecule has 1 heterocycles. The summed E-state index contributed by atoms with van der Waals surface area (Å²) in [6, 6.07) is 6.95. The molecule has 5 nitrogen and oxygen atoms in total. The topological polar surface area (TPSA) is 54.0 Å². The van der Waals surface area contributed by atoms with Crippen molar-refractivity contribution in [2.24, 2.45) is 0 Å². The fourth-order valence-electron chi connectivity index (χ4n) is 1.98. The maximum Gasteiger partial charge on any atom is 0.338 e. The zero-order valence-corrected chi connectivity index (χ0v) is 11.7. The Morgan fingerprint density at radius 1 is 1.40 bits per heavy atom. The van der Waals surface area contributed by atoms with Crippen LogP contribution in [0.1, 0.15) is 23.2 Å². The molecule has 0 amide bonds. The number of methoxy groups -OCH3 is 1. The van der Waals surface area contributed by atoms with Crippen molar-refractivity contribution in [3.63, 3.8) is 0 Å². The van der Waals surface area contributed by atoms with E-state index in [4.69, 9.17) is 18.9 Å². The first-order chi connectivity index (χ1) is 9.79. The third-order valence-electron chi connectivity index (χ3n) is 3.05. The Morgan fingerprint density at radius 2 is 2.30 bits per heavy atom. The van der Waals surface area contributed by atoms with Gasteiger partial charge in [-0.25, -0.2) is 4.79 Å². The van der Waals surface area contributed by atoms with Crippen molar-refractivity contribution in [1.29, 1.82) is 0 Å². The van der Waals surface area contributed by atoms with Gasteiger partial charge in [0.2, 0.25) is 0 Å². The molecule has 0 spiro atoms. The maximum absolute atomic E-state index is 11.9. The molecule has 110 valence electrons. The molecular formula is C15H20O5. The second-order valence-electron chi connectivity index (χ2n) is 4.60. The van der Waals surface area contributed by atoms with E-state index in [1.807, 2.05) is 0 Å². The van der Waals surface area contributed by atoms with Gasteiger partial charge in [-0.15, -0.1) is 0 Å². The quantitative estimate of drug-likeness (QED) is 0.565. The summed E-state index contributed by atoms with van der Waals surface area (Å²) in [5.74, 6) is 0.284. The van der Waals surface area contributed by atoms with Gasteiger partial charge >= 0.3 is 5.97 Å². The minimum atomic E-state index is -0.349. The second-order valence-corrected chi connectivity index (χ2v) is 4.60. The van der Waals surface area contributed by atoms with Gasteiger partial charge in [-0.2, -0.15) is 0 Å². The Labute approximate surface area is 118 Å². The highest BCUT2D eigenvalue weighted by Crippen LogP contribution is 2.16. The van der Waals surface area contributed by atoms with E-state index in [0.29, 0.717) is 31.1 Å². The summed E-state index contributed by atoms with van der Waals surface area (Å²) in [5.41, 5.74) is 0.484. The molecule has 2 rings (SSSR count). The van der Waals surface area contributed by atoms with Crippen LogP contribution in [0.3, 0.4) is 0 Å². The highest BCUT2D eigenvalue weighted by atomic mass is 16.6. The van der Waals surface area contributed by atoms with Crippen molar-refractivity contribution in [1.82, 2.24) is 0 Å². The van der Waals surface area contributed by atoms with Gasteiger partial charge in [0.15, 0.2) is 0 Å². The number of benzene rings is 1. The molecule has 1 unspecified atom stereocenters. The van der Waals surface area contributed by atoms with Gasteiger partial charge in [-0.1, -0.05) is 6.07 Å². The first-order valence-corrected chi connectivity index (χ1v) is 6.80. The van der Waals surface area contributed by atoms with Crippen LogP contribution in [0.5, 0.6) is 5.75 Å². The maximum atomic E-state index is 11.9. The standard InChI is InChI=1S/C15H20O5/c1-17-8-9-19-13-5-2-4-12(10-13)15(16)20-11-14-6-3-7-18-14/h2,4-5,10,14H,3,6-9,11H2,1H3. The van der Waals surface area contributed by atoms with E-state index < -0.39 is 0 Å². The first kappa shape index (κ1) is 14.8.